The molecule has 0 bridgehead atoms. The third-order valence-electron chi connectivity index (χ3n) is 4.98. The zero-order chi connectivity index (χ0) is 21.8. The molecule has 0 radical (unpaired) electrons. The quantitative estimate of drug-likeness (QED) is 0.342. The van der Waals surface area contributed by atoms with Crippen LogP contribution >= 0.6 is 23.4 Å². The Morgan fingerprint density at radius 2 is 2.10 bits per heavy atom. The number of halogens is 1. The van der Waals surface area contributed by atoms with Crippen molar-refractivity contribution in [3.63, 3.8) is 0 Å². The van der Waals surface area contributed by atoms with Crippen LogP contribution in [-0.2, 0) is 11.3 Å². The molecule has 3 aromatic rings. The lowest BCUT2D eigenvalue weighted by Crippen LogP contribution is -2.19. The number of hydrogen-bond donors (Lipinski definition) is 1. The summed E-state index contributed by atoms with van der Waals surface area (Å²) in [5.74, 6) is 1.81. The Kier molecular flexibility index (Phi) is 6.63. The number of carbonyl (C=O) groups is 1. The van der Waals surface area contributed by atoms with E-state index in [1.807, 2.05) is 36.4 Å². The molecule has 1 saturated carbocycles. The second-order valence-electron chi connectivity index (χ2n) is 7.26. The molecule has 1 fully saturated rings. The molecule has 0 spiro atoms. The lowest BCUT2D eigenvalue weighted by Gasteiger charge is -2.17. The van der Waals surface area contributed by atoms with E-state index in [9.17, 15) is 4.79 Å². The van der Waals surface area contributed by atoms with Gasteiger partial charge in [-0.2, -0.15) is 0 Å². The van der Waals surface area contributed by atoms with Crippen molar-refractivity contribution in [1.82, 2.24) is 14.8 Å². The molecular weight excluding hydrogens is 432 g/mol. The fraction of sp³-hybridized carbons (Fsp3) is 0.261. The molecule has 1 amide bonds. The second kappa shape index (κ2) is 9.58. The summed E-state index contributed by atoms with van der Waals surface area (Å²) in [7, 11) is 1.55. The number of allylic oxidation sites excluding steroid dienone is 1. The minimum absolute atomic E-state index is 0.168. The highest BCUT2D eigenvalue weighted by atomic mass is 35.5. The highest BCUT2D eigenvalue weighted by Crippen LogP contribution is 2.42. The standard InChI is InChI=1S/C23H23ClN4O2S/c1-3-13-28-21(16-9-10-16)26-27-23(28)31-20(15-7-5-4-6-8-15)22(29)25-17-11-12-19(30-2)18(24)14-17/h3-8,11-12,14,16,20H,1,9-10,13H2,2H3,(H,25,29). The molecule has 0 saturated heterocycles. The molecule has 0 aliphatic heterocycles. The van der Waals surface area contributed by atoms with Crippen molar-refractivity contribution < 1.29 is 9.53 Å². The maximum atomic E-state index is 13.3. The number of nitrogens with one attached hydrogen (secondary N) is 1. The van der Waals surface area contributed by atoms with Crippen molar-refractivity contribution in [3.8, 4) is 5.75 Å². The van der Waals surface area contributed by atoms with E-state index < -0.39 is 5.25 Å². The Hall–Kier alpha value is -2.77. The number of aromatic nitrogens is 3. The van der Waals surface area contributed by atoms with Gasteiger partial charge in [0.2, 0.25) is 5.91 Å². The Morgan fingerprint density at radius 1 is 1.32 bits per heavy atom. The highest BCUT2D eigenvalue weighted by Gasteiger charge is 2.32. The summed E-state index contributed by atoms with van der Waals surface area (Å²) in [5.41, 5.74) is 1.48. The van der Waals surface area contributed by atoms with Crippen molar-refractivity contribution in [2.24, 2.45) is 0 Å². The number of hydrogen-bond acceptors (Lipinski definition) is 5. The van der Waals surface area contributed by atoms with Crippen molar-refractivity contribution in [1.29, 1.82) is 0 Å². The number of benzene rings is 2. The van der Waals surface area contributed by atoms with Gasteiger partial charge in [0.15, 0.2) is 5.16 Å². The number of anilines is 1. The average molecular weight is 455 g/mol. The summed E-state index contributed by atoms with van der Waals surface area (Å²) in [5, 5.41) is 12.4. The van der Waals surface area contributed by atoms with Crippen molar-refractivity contribution in [2.75, 3.05) is 12.4 Å². The third kappa shape index (κ3) is 4.94. The largest absolute Gasteiger partial charge is 0.495 e. The highest BCUT2D eigenvalue weighted by molar-refractivity contribution is 8.00. The molecule has 1 unspecified atom stereocenters. The fourth-order valence-corrected chi connectivity index (χ4v) is 4.60. The first kappa shape index (κ1) is 21.5. The van der Waals surface area contributed by atoms with Crippen LogP contribution in [0.5, 0.6) is 5.75 Å². The second-order valence-corrected chi connectivity index (χ2v) is 8.74. The Labute approximate surface area is 190 Å². The van der Waals surface area contributed by atoms with Crippen LogP contribution in [0.2, 0.25) is 5.02 Å². The summed E-state index contributed by atoms with van der Waals surface area (Å²) in [4.78, 5) is 13.3. The molecule has 1 heterocycles. The van der Waals surface area contributed by atoms with E-state index in [-0.39, 0.29) is 5.91 Å². The normalized spacial score (nSPS) is 14.1. The van der Waals surface area contributed by atoms with Crippen molar-refractivity contribution in [3.05, 3.63) is 77.6 Å². The van der Waals surface area contributed by atoms with Crippen LogP contribution in [0.1, 0.15) is 35.4 Å². The molecule has 160 valence electrons. The number of nitrogens with zero attached hydrogens (tertiary/aromatic N) is 3. The maximum absolute atomic E-state index is 13.3. The van der Waals surface area contributed by atoms with Crippen LogP contribution in [0.3, 0.4) is 0 Å². The van der Waals surface area contributed by atoms with Crippen LogP contribution < -0.4 is 10.1 Å². The molecule has 4 rings (SSSR count). The molecule has 2 aromatic carbocycles. The third-order valence-corrected chi connectivity index (χ3v) is 6.51. The zero-order valence-electron chi connectivity index (χ0n) is 17.1. The number of methoxy groups -OCH3 is 1. The van der Waals surface area contributed by atoms with Crippen LogP contribution in [0.4, 0.5) is 5.69 Å². The number of carbonyl (C=O) groups excluding carboxylic acids is 1. The van der Waals surface area contributed by atoms with E-state index in [0.29, 0.717) is 34.1 Å². The first-order valence-corrected chi connectivity index (χ1v) is 11.3. The monoisotopic (exact) mass is 454 g/mol. The number of rotatable bonds is 9. The lowest BCUT2D eigenvalue weighted by atomic mass is 10.1. The molecule has 1 atom stereocenters. The van der Waals surface area contributed by atoms with E-state index in [0.717, 1.165) is 24.2 Å². The Balaban J connectivity index is 1.62. The topological polar surface area (TPSA) is 69.0 Å². The Bertz CT molecular complexity index is 1080. The first-order valence-electron chi connectivity index (χ1n) is 10.0. The molecule has 1 aliphatic rings. The van der Waals surface area contributed by atoms with E-state index in [1.165, 1.54) is 11.8 Å². The van der Waals surface area contributed by atoms with Gasteiger partial charge in [0, 0.05) is 18.2 Å². The van der Waals surface area contributed by atoms with Gasteiger partial charge in [0.1, 0.15) is 16.8 Å². The summed E-state index contributed by atoms with van der Waals surface area (Å²) in [6.45, 7) is 4.47. The molecule has 1 aliphatic carbocycles. The zero-order valence-corrected chi connectivity index (χ0v) is 18.7. The maximum Gasteiger partial charge on any atom is 0.242 e. The van der Waals surface area contributed by atoms with E-state index in [1.54, 1.807) is 25.3 Å². The molecule has 6 nitrogen and oxygen atoms in total. The molecular formula is C23H23ClN4O2S. The fourth-order valence-electron chi connectivity index (χ4n) is 3.29. The van der Waals surface area contributed by atoms with Gasteiger partial charge in [0.25, 0.3) is 0 Å². The summed E-state index contributed by atoms with van der Waals surface area (Å²) < 4.78 is 7.25. The van der Waals surface area contributed by atoms with Gasteiger partial charge in [-0.3, -0.25) is 4.79 Å². The number of amides is 1. The van der Waals surface area contributed by atoms with Gasteiger partial charge in [-0.1, -0.05) is 59.8 Å². The summed E-state index contributed by atoms with van der Waals surface area (Å²) >= 11 is 7.61. The van der Waals surface area contributed by atoms with E-state index >= 15 is 0 Å². The van der Waals surface area contributed by atoms with Crippen LogP contribution in [0, 0.1) is 0 Å². The van der Waals surface area contributed by atoms with Gasteiger partial charge in [-0.05, 0) is 36.6 Å². The molecule has 1 aromatic heterocycles. The van der Waals surface area contributed by atoms with Gasteiger partial charge in [-0.25, -0.2) is 0 Å². The summed E-state index contributed by atoms with van der Waals surface area (Å²) in [6.07, 6.45) is 4.08. The average Bonchev–Trinajstić information content (AvgIpc) is 3.55. The smallest absolute Gasteiger partial charge is 0.242 e. The van der Waals surface area contributed by atoms with Crippen LogP contribution in [-0.4, -0.2) is 27.8 Å². The van der Waals surface area contributed by atoms with Crippen molar-refractivity contribution >= 4 is 35.0 Å². The predicted octanol–water partition coefficient (Wildman–Crippen LogP) is 5.48. The van der Waals surface area contributed by atoms with Crippen LogP contribution in [0.15, 0.2) is 66.3 Å². The minimum atomic E-state index is -0.512. The number of ether oxygens (including phenoxy) is 1. The number of thioether (sulfide) groups is 1. The van der Waals surface area contributed by atoms with Crippen molar-refractivity contribution in [2.45, 2.75) is 35.7 Å². The predicted molar refractivity (Wildman–Crippen MR) is 124 cm³/mol. The first-order chi connectivity index (χ1) is 15.1. The molecule has 8 heteroatoms. The van der Waals surface area contributed by atoms with Gasteiger partial charge in [-0.15, -0.1) is 16.8 Å². The van der Waals surface area contributed by atoms with E-state index in [2.05, 4.69) is 26.7 Å². The molecule has 31 heavy (non-hydrogen) atoms. The minimum Gasteiger partial charge on any atom is -0.495 e. The molecule has 1 N–H and O–H groups in total. The van der Waals surface area contributed by atoms with Gasteiger partial charge < -0.3 is 14.6 Å². The van der Waals surface area contributed by atoms with Gasteiger partial charge in [0.05, 0.1) is 12.1 Å². The van der Waals surface area contributed by atoms with E-state index in [4.69, 9.17) is 16.3 Å². The summed E-state index contributed by atoms with van der Waals surface area (Å²) in [6, 6.07) is 14.8. The Morgan fingerprint density at radius 3 is 2.74 bits per heavy atom. The van der Waals surface area contributed by atoms with Crippen LogP contribution in [0.25, 0.3) is 0 Å². The SMILES string of the molecule is C=CCn1c(SC(C(=O)Nc2ccc(OC)c(Cl)c2)c2ccccc2)nnc1C1CC1. The van der Waals surface area contributed by atoms with Gasteiger partial charge >= 0.3 is 0 Å². The lowest BCUT2D eigenvalue weighted by molar-refractivity contribution is -0.115.